The van der Waals surface area contributed by atoms with Gasteiger partial charge in [-0.05, 0) is 38.8 Å². The predicted octanol–water partition coefficient (Wildman–Crippen LogP) is 2.43. The van der Waals surface area contributed by atoms with E-state index in [9.17, 15) is 0 Å². The third-order valence-corrected chi connectivity index (χ3v) is 4.26. The van der Waals surface area contributed by atoms with Gasteiger partial charge >= 0.3 is 0 Å². The molecular formula is C15H31N3O2. The molecule has 0 amide bonds. The van der Waals surface area contributed by atoms with Crippen LogP contribution in [0.3, 0.4) is 0 Å². The summed E-state index contributed by atoms with van der Waals surface area (Å²) in [5, 5.41) is 11.9. The normalized spacial score (nSPS) is 20.8. The fourth-order valence-electron chi connectivity index (χ4n) is 2.62. The molecule has 1 aliphatic heterocycles. The van der Waals surface area contributed by atoms with Crippen molar-refractivity contribution in [1.29, 1.82) is 0 Å². The summed E-state index contributed by atoms with van der Waals surface area (Å²) in [6.45, 7) is 10.4. The van der Waals surface area contributed by atoms with E-state index < -0.39 is 0 Å². The summed E-state index contributed by atoms with van der Waals surface area (Å²) < 4.78 is 5.69. The lowest BCUT2D eigenvalue weighted by Crippen LogP contribution is -2.34. The minimum absolute atomic E-state index is 0.222. The number of nitrogens with two attached hydrogens (primary N) is 1. The molecule has 0 aliphatic carbocycles. The van der Waals surface area contributed by atoms with Gasteiger partial charge in [-0.25, -0.2) is 0 Å². The first-order valence-electron chi connectivity index (χ1n) is 7.81. The third kappa shape index (κ3) is 5.67. The molecule has 1 atom stereocenters. The summed E-state index contributed by atoms with van der Waals surface area (Å²) >= 11 is 0. The Morgan fingerprint density at radius 2 is 2.20 bits per heavy atom. The SMILES string of the molecule is CCN(CCCCC(C)(C)C(N)=NO)CC1CCCO1. The van der Waals surface area contributed by atoms with E-state index >= 15 is 0 Å². The zero-order valence-corrected chi connectivity index (χ0v) is 13.3. The van der Waals surface area contributed by atoms with Crippen molar-refractivity contribution in [3.63, 3.8) is 0 Å². The summed E-state index contributed by atoms with van der Waals surface area (Å²) in [5.41, 5.74) is 5.48. The molecule has 1 unspecified atom stereocenters. The van der Waals surface area contributed by atoms with E-state index in [-0.39, 0.29) is 5.41 Å². The highest BCUT2D eigenvalue weighted by molar-refractivity contribution is 5.85. The molecule has 5 nitrogen and oxygen atoms in total. The van der Waals surface area contributed by atoms with Crippen LogP contribution in [0.25, 0.3) is 0 Å². The van der Waals surface area contributed by atoms with Crippen LogP contribution in [0.1, 0.15) is 52.9 Å². The largest absolute Gasteiger partial charge is 0.409 e. The Morgan fingerprint density at radius 1 is 1.45 bits per heavy atom. The van der Waals surface area contributed by atoms with Gasteiger partial charge in [0.2, 0.25) is 0 Å². The van der Waals surface area contributed by atoms with E-state index in [1.807, 2.05) is 13.8 Å². The summed E-state index contributed by atoms with van der Waals surface area (Å²) in [6.07, 6.45) is 6.01. The van der Waals surface area contributed by atoms with E-state index in [0.717, 1.165) is 45.5 Å². The van der Waals surface area contributed by atoms with Gasteiger partial charge in [0.1, 0.15) is 5.84 Å². The Morgan fingerprint density at radius 3 is 2.75 bits per heavy atom. The van der Waals surface area contributed by atoms with Crippen LogP contribution in [0.2, 0.25) is 0 Å². The van der Waals surface area contributed by atoms with Crippen molar-refractivity contribution in [1.82, 2.24) is 4.90 Å². The quantitative estimate of drug-likeness (QED) is 0.224. The summed E-state index contributed by atoms with van der Waals surface area (Å²) in [5.74, 6) is 0.323. The van der Waals surface area contributed by atoms with E-state index in [1.165, 1.54) is 12.8 Å². The van der Waals surface area contributed by atoms with Gasteiger partial charge in [0.15, 0.2) is 0 Å². The zero-order valence-electron chi connectivity index (χ0n) is 13.3. The number of hydrogen-bond acceptors (Lipinski definition) is 4. The van der Waals surface area contributed by atoms with Crippen LogP contribution >= 0.6 is 0 Å². The monoisotopic (exact) mass is 285 g/mol. The topological polar surface area (TPSA) is 71.1 Å². The van der Waals surface area contributed by atoms with Gasteiger partial charge in [-0.2, -0.15) is 0 Å². The summed E-state index contributed by atoms with van der Waals surface area (Å²) in [4.78, 5) is 2.46. The Bertz CT molecular complexity index is 299. The first kappa shape index (κ1) is 17.2. The van der Waals surface area contributed by atoms with Crippen LogP contribution in [0, 0.1) is 5.41 Å². The number of oxime groups is 1. The molecule has 20 heavy (non-hydrogen) atoms. The van der Waals surface area contributed by atoms with Gasteiger partial charge in [0.05, 0.1) is 6.10 Å². The molecule has 0 aromatic rings. The van der Waals surface area contributed by atoms with Crippen molar-refractivity contribution in [2.24, 2.45) is 16.3 Å². The molecule has 0 aromatic heterocycles. The minimum Gasteiger partial charge on any atom is -0.409 e. The Hall–Kier alpha value is -0.810. The van der Waals surface area contributed by atoms with Gasteiger partial charge in [0, 0.05) is 18.6 Å². The lowest BCUT2D eigenvalue weighted by Gasteiger charge is -2.25. The lowest BCUT2D eigenvalue weighted by atomic mass is 9.86. The maximum atomic E-state index is 8.75. The van der Waals surface area contributed by atoms with Crippen molar-refractivity contribution in [3.8, 4) is 0 Å². The molecule has 0 radical (unpaired) electrons. The highest BCUT2D eigenvalue weighted by atomic mass is 16.5. The molecule has 3 N–H and O–H groups in total. The molecule has 1 fully saturated rings. The van der Waals surface area contributed by atoms with Crippen LogP contribution in [-0.4, -0.2) is 48.3 Å². The second-order valence-corrected chi connectivity index (χ2v) is 6.35. The maximum absolute atomic E-state index is 8.75. The zero-order chi connectivity index (χ0) is 15.0. The van der Waals surface area contributed by atoms with Crippen molar-refractivity contribution in [3.05, 3.63) is 0 Å². The van der Waals surface area contributed by atoms with Crippen LogP contribution in [0.5, 0.6) is 0 Å². The van der Waals surface area contributed by atoms with Crippen LogP contribution in [0.4, 0.5) is 0 Å². The summed E-state index contributed by atoms with van der Waals surface area (Å²) in [6, 6.07) is 0. The highest BCUT2D eigenvalue weighted by Gasteiger charge is 2.23. The molecule has 1 aliphatic rings. The number of ether oxygens (including phenoxy) is 1. The Labute approximate surface area is 123 Å². The van der Waals surface area contributed by atoms with Gasteiger partial charge < -0.3 is 20.6 Å². The number of nitrogens with zero attached hydrogens (tertiary/aromatic N) is 2. The van der Waals surface area contributed by atoms with Gasteiger partial charge in [-0.15, -0.1) is 0 Å². The number of hydrogen-bond donors (Lipinski definition) is 2. The van der Waals surface area contributed by atoms with E-state index in [4.69, 9.17) is 15.7 Å². The van der Waals surface area contributed by atoms with Gasteiger partial charge in [-0.1, -0.05) is 32.3 Å². The van der Waals surface area contributed by atoms with Crippen LogP contribution < -0.4 is 5.73 Å². The average Bonchev–Trinajstić information content (AvgIpc) is 2.94. The first-order chi connectivity index (χ1) is 9.49. The maximum Gasteiger partial charge on any atom is 0.144 e. The van der Waals surface area contributed by atoms with E-state index in [0.29, 0.717) is 11.9 Å². The third-order valence-electron chi connectivity index (χ3n) is 4.26. The molecule has 1 rings (SSSR count). The molecule has 5 heteroatoms. The smallest absolute Gasteiger partial charge is 0.144 e. The number of likely N-dealkylation sites (N-methyl/N-ethyl adjacent to an activating group) is 1. The molecule has 0 aromatic carbocycles. The molecule has 0 saturated carbocycles. The second-order valence-electron chi connectivity index (χ2n) is 6.35. The van der Waals surface area contributed by atoms with Crippen LogP contribution in [-0.2, 0) is 4.74 Å². The number of rotatable bonds is 9. The fraction of sp³-hybridized carbons (Fsp3) is 0.933. The van der Waals surface area contributed by atoms with E-state index in [1.54, 1.807) is 0 Å². The molecule has 1 heterocycles. The fourth-order valence-corrected chi connectivity index (χ4v) is 2.62. The van der Waals surface area contributed by atoms with Gasteiger partial charge in [0.25, 0.3) is 0 Å². The lowest BCUT2D eigenvalue weighted by molar-refractivity contribution is 0.0741. The number of amidine groups is 1. The molecular weight excluding hydrogens is 254 g/mol. The average molecular weight is 285 g/mol. The van der Waals surface area contributed by atoms with Crippen LogP contribution in [0.15, 0.2) is 5.16 Å². The second kappa shape index (κ2) is 8.47. The first-order valence-corrected chi connectivity index (χ1v) is 7.81. The minimum atomic E-state index is -0.222. The molecule has 1 saturated heterocycles. The molecule has 118 valence electrons. The number of unbranched alkanes of at least 4 members (excludes halogenated alkanes) is 1. The van der Waals surface area contributed by atoms with Crippen molar-refractivity contribution >= 4 is 5.84 Å². The summed E-state index contributed by atoms with van der Waals surface area (Å²) in [7, 11) is 0. The van der Waals surface area contributed by atoms with Gasteiger partial charge in [-0.3, -0.25) is 0 Å². The van der Waals surface area contributed by atoms with E-state index in [2.05, 4.69) is 17.0 Å². The molecule has 0 bridgehead atoms. The molecule has 0 spiro atoms. The standard InChI is InChI=1S/C15H31N3O2/c1-4-18(12-13-8-7-11-20-13)10-6-5-9-15(2,3)14(16)17-19/h13,19H,4-12H2,1-3H3,(H2,16,17). The van der Waals surface area contributed by atoms with Crippen molar-refractivity contribution < 1.29 is 9.94 Å². The van der Waals surface area contributed by atoms with Crippen molar-refractivity contribution in [2.45, 2.75) is 59.0 Å². The highest BCUT2D eigenvalue weighted by Crippen LogP contribution is 2.23. The van der Waals surface area contributed by atoms with Crippen molar-refractivity contribution in [2.75, 3.05) is 26.2 Å². The Balaban J connectivity index is 2.21. The predicted molar refractivity (Wildman–Crippen MR) is 82.1 cm³/mol. The Kier molecular flexibility index (Phi) is 7.30.